The molecule has 5 rings (SSSR count). The maximum atomic E-state index is 12.9. The maximum Gasteiger partial charge on any atom is 0.360 e. The van der Waals surface area contributed by atoms with Gasteiger partial charge in [0.1, 0.15) is 11.3 Å². The van der Waals surface area contributed by atoms with Gasteiger partial charge in [0.2, 0.25) is 11.7 Å². The van der Waals surface area contributed by atoms with Gasteiger partial charge in [-0.05, 0) is 37.1 Å². The second-order valence-corrected chi connectivity index (χ2v) is 6.58. The summed E-state index contributed by atoms with van der Waals surface area (Å²) in [6.45, 7) is 0. The van der Waals surface area contributed by atoms with Gasteiger partial charge in [-0.1, -0.05) is 23.4 Å². The summed E-state index contributed by atoms with van der Waals surface area (Å²) in [7, 11) is 0. The van der Waals surface area contributed by atoms with Crippen molar-refractivity contribution in [3.05, 3.63) is 70.9 Å². The van der Waals surface area contributed by atoms with Crippen LogP contribution in [0.4, 0.5) is 5.69 Å². The number of nitrogens with zero attached hydrogens (tertiary/aromatic N) is 1. The Morgan fingerprint density at radius 1 is 1.07 bits per heavy atom. The fourth-order valence-electron chi connectivity index (χ4n) is 3.15. The van der Waals surface area contributed by atoms with Crippen LogP contribution in [0.25, 0.3) is 22.5 Å². The third-order valence-corrected chi connectivity index (χ3v) is 4.84. The van der Waals surface area contributed by atoms with Crippen LogP contribution in [0.5, 0.6) is 0 Å². The topological polar surface area (TPSA) is 98.5 Å². The largest absolute Gasteiger partial charge is 0.461 e. The summed E-state index contributed by atoms with van der Waals surface area (Å²) in [6.07, 6.45) is 2.79. The molecule has 1 amide bonds. The number of anilines is 1. The molecule has 1 aromatic carbocycles. The van der Waals surface area contributed by atoms with Gasteiger partial charge in [-0.2, -0.15) is 0 Å². The molecule has 0 radical (unpaired) electrons. The molecule has 0 atom stereocenters. The van der Waals surface area contributed by atoms with Gasteiger partial charge in [-0.25, -0.2) is 4.79 Å². The Balaban J connectivity index is 1.44. The SMILES string of the molecule is O=C(Nc1cc2ccccc2oc1=O)C1(c2cc(-c3ccco3)on2)CC1. The van der Waals surface area contributed by atoms with Crippen LogP contribution in [0.2, 0.25) is 0 Å². The Kier molecular flexibility index (Phi) is 3.30. The number of nitrogens with one attached hydrogen (secondary N) is 1. The van der Waals surface area contributed by atoms with Crippen molar-refractivity contribution in [1.29, 1.82) is 0 Å². The highest BCUT2D eigenvalue weighted by Crippen LogP contribution is 2.49. The minimum Gasteiger partial charge on any atom is -0.461 e. The molecule has 0 unspecified atom stereocenters. The molecule has 3 aromatic heterocycles. The van der Waals surface area contributed by atoms with Gasteiger partial charge in [0.15, 0.2) is 5.76 Å². The summed E-state index contributed by atoms with van der Waals surface area (Å²) in [5.41, 5.74) is -0.279. The summed E-state index contributed by atoms with van der Waals surface area (Å²) in [5.74, 6) is 0.698. The summed E-state index contributed by atoms with van der Waals surface area (Å²) in [4.78, 5) is 25.1. The second-order valence-electron chi connectivity index (χ2n) is 6.58. The molecular formula is C20H14N2O5. The van der Waals surface area contributed by atoms with Crippen molar-refractivity contribution < 1.29 is 18.2 Å². The lowest BCUT2D eigenvalue weighted by Gasteiger charge is -2.11. The van der Waals surface area contributed by atoms with Crippen molar-refractivity contribution >= 4 is 22.6 Å². The Bertz CT molecular complexity index is 1200. The van der Waals surface area contributed by atoms with Crippen LogP contribution in [0.1, 0.15) is 18.5 Å². The molecule has 1 saturated carbocycles. The number of hydrogen-bond acceptors (Lipinski definition) is 6. The van der Waals surface area contributed by atoms with Gasteiger partial charge in [-0.15, -0.1) is 0 Å². The van der Waals surface area contributed by atoms with E-state index in [0.717, 1.165) is 5.39 Å². The van der Waals surface area contributed by atoms with E-state index < -0.39 is 11.0 Å². The molecule has 0 saturated heterocycles. The van der Waals surface area contributed by atoms with Gasteiger partial charge < -0.3 is 18.7 Å². The fraction of sp³-hybridized carbons (Fsp3) is 0.150. The van der Waals surface area contributed by atoms with Crippen LogP contribution in [-0.4, -0.2) is 11.1 Å². The third-order valence-electron chi connectivity index (χ3n) is 4.84. The average Bonchev–Trinajstić information content (AvgIpc) is 3.08. The van der Waals surface area contributed by atoms with Crippen LogP contribution in [-0.2, 0) is 10.2 Å². The quantitative estimate of drug-likeness (QED) is 0.556. The third kappa shape index (κ3) is 2.55. The van der Waals surface area contributed by atoms with Crippen molar-refractivity contribution in [3.8, 4) is 11.5 Å². The number of fused-ring (bicyclic) bond motifs is 1. The number of aromatic nitrogens is 1. The fourth-order valence-corrected chi connectivity index (χ4v) is 3.15. The molecule has 7 nitrogen and oxygen atoms in total. The highest BCUT2D eigenvalue weighted by molar-refractivity contribution is 6.01. The summed E-state index contributed by atoms with van der Waals surface area (Å²) < 4.78 is 15.9. The van der Waals surface area contributed by atoms with E-state index in [0.29, 0.717) is 35.6 Å². The molecular weight excluding hydrogens is 348 g/mol. The van der Waals surface area contributed by atoms with E-state index >= 15 is 0 Å². The van der Waals surface area contributed by atoms with Crippen molar-refractivity contribution in [1.82, 2.24) is 5.16 Å². The molecule has 1 N–H and O–H groups in total. The molecule has 7 heteroatoms. The molecule has 0 bridgehead atoms. The predicted octanol–water partition coefficient (Wildman–Crippen LogP) is 3.71. The zero-order valence-corrected chi connectivity index (χ0v) is 14.1. The van der Waals surface area contributed by atoms with Crippen LogP contribution in [0, 0.1) is 0 Å². The number of carbonyl (C=O) groups excluding carboxylic acids is 1. The summed E-state index contributed by atoms with van der Waals surface area (Å²) >= 11 is 0. The molecule has 3 heterocycles. The average molecular weight is 362 g/mol. The van der Waals surface area contributed by atoms with E-state index in [1.807, 2.05) is 12.1 Å². The Morgan fingerprint density at radius 2 is 1.93 bits per heavy atom. The number of amides is 1. The second kappa shape index (κ2) is 5.70. The highest BCUT2D eigenvalue weighted by Gasteiger charge is 2.54. The van der Waals surface area contributed by atoms with Gasteiger partial charge in [-0.3, -0.25) is 4.79 Å². The number of benzene rings is 1. The number of para-hydroxylation sites is 1. The molecule has 0 spiro atoms. The molecule has 1 aliphatic carbocycles. The van der Waals surface area contributed by atoms with Crippen LogP contribution in [0.3, 0.4) is 0 Å². The first kappa shape index (κ1) is 15.6. The monoisotopic (exact) mass is 362 g/mol. The lowest BCUT2D eigenvalue weighted by molar-refractivity contribution is -0.118. The zero-order valence-electron chi connectivity index (χ0n) is 14.1. The van der Waals surface area contributed by atoms with Crippen molar-refractivity contribution in [2.45, 2.75) is 18.3 Å². The first-order valence-electron chi connectivity index (χ1n) is 8.51. The predicted molar refractivity (Wildman–Crippen MR) is 96.2 cm³/mol. The van der Waals surface area contributed by atoms with Crippen molar-refractivity contribution in [3.63, 3.8) is 0 Å². The molecule has 0 aliphatic heterocycles. The smallest absolute Gasteiger partial charge is 0.360 e. The Hall–Kier alpha value is -3.61. The molecule has 27 heavy (non-hydrogen) atoms. The summed E-state index contributed by atoms with van der Waals surface area (Å²) in [5, 5.41) is 7.48. The Morgan fingerprint density at radius 3 is 2.70 bits per heavy atom. The number of hydrogen-bond donors (Lipinski definition) is 1. The normalized spacial score (nSPS) is 15.0. The first-order valence-corrected chi connectivity index (χ1v) is 8.51. The maximum absolute atomic E-state index is 12.9. The van der Waals surface area contributed by atoms with Crippen molar-refractivity contribution in [2.75, 3.05) is 5.32 Å². The van der Waals surface area contributed by atoms with E-state index in [1.165, 1.54) is 6.26 Å². The highest BCUT2D eigenvalue weighted by atomic mass is 16.5. The first-order chi connectivity index (χ1) is 13.2. The number of carbonyl (C=O) groups is 1. The number of furan rings is 1. The number of rotatable bonds is 4. The van der Waals surface area contributed by atoms with E-state index in [-0.39, 0.29) is 11.6 Å². The molecule has 1 aliphatic rings. The van der Waals surface area contributed by atoms with Gasteiger partial charge in [0.05, 0.1) is 17.4 Å². The van der Waals surface area contributed by atoms with Crippen molar-refractivity contribution in [2.24, 2.45) is 0 Å². The van der Waals surface area contributed by atoms with Crippen LogP contribution in [0.15, 0.2) is 72.9 Å². The standard InChI is InChI=1S/C20H14N2O5/c23-18-13(10-12-4-1-2-5-14(12)26-18)21-19(24)20(7-8-20)17-11-16(27-22-17)15-6-3-9-25-15/h1-6,9-11H,7-8H2,(H,21,24). The van der Waals surface area contributed by atoms with Gasteiger partial charge in [0.25, 0.3) is 0 Å². The van der Waals surface area contributed by atoms with E-state index in [9.17, 15) is 9.59 Å². The van der Waals surface area contributed by atoms with E-state index in [2.05, 4.69) is 10.5 Å². The van der Waals surface area contributed by atoms with Gasteiger partial charge in [0, 0.05) is 11.5 Å². The molecule has 4 aromatic rings. The van der Waals surface area contributed by atoms with Crippen LogP contribution < -0.4 is 10.9 Å². The molecule has 1 fully saturated rings. The summed E-state index contributed by atoms with van der Waals surface area (Å²) in [6, 6.07) is 14.0. The minimum atomic E-state index is -0.799. The van der Waals surface area contributed by atoms with E-state index in [1.54, 1.807) is 36.4 Å². The zero-order chi connectivity index (χ0) is 18.4. The lowest BCUT2D eigenvalue weighted by Crippen LogP contribution is -2.30. The lowest BCUT2D eigenvalue weighted by atomic mass is 10.0. The van der Waals surface area contributed by atoms with E-state index in [4.69, 9.17) is 13.4 Å². The van der Waals surface area contributed by atoms with Gasteiger partial charge >= 0.3 is 5.63 Å². The molecule has 134 valence electrons. The minimum absolute atomic E-state index is 0.111. The Labute approximate surface area is 152 Å². The van der Waals surface area contributed by atoms with Crippen LogP contribution >= 0.6 is 0 Å².